The number of esters is 1. The molecule has 8 heteroatoms. The van der Waals surface area contributed by atoms with Crippen LogP contribution in [0.4, 0.5) is 5.69 Å². The van der Waals surface area contributed by atoms with E-state index in [1.807, 2.05) is 75.4 Å². The fourth-order valence-electron chi connectivity index (χ4n) is 6.99. The highest BCUT2D eigenvalue weighted by atomic mass is 16.6. The van der Waals surface area contributed by atoms with Crippen LogP contribution >= 0.6 is 0 Å². The summed E-state index contributed by atoms with van der Waals surface area (Å²) in [6.07, 6.45) is 2.76. The summed E-state index contributed by atoms with van der Waals surface area (Å²) in [6, 6.07) is 32.7. The topological polar surface area (TPSA) is 96.9 Å². The van der Waals surface area contributed by atoms with Crippen molar-refractivity contribution in [1.82, 2.24) is 9.88 Å². The minimum atomic E-state index is -0.555. The molecule has 2 amide bonds. The monoisotopic (exact) mass is 677 g/mol. The third-order valence-electron chi connectivity index (χ3n) is 9.36. The predicted molar refractivity (Wildman–Crippen MR) is 199 cm³/mol. The van der Waals surface area contributed by atoms with Gasteiger partial charge in [0.15, 0.2) is 0 Å². The second-order valence-corrected chi connectivity index (χ2v) is 14.1. The molecule has 0 bridgehead atoms. The van der Waals surface area contributed by atoms with Gasteiger partial charge in [0.05, 0.1) is 28.5 Å². The van der Waals surface area contributed by atoms with Crippen LogP contribution in [-0.2, 0) is 14.3 Å². The molecule has 1 fully saturated rings. The lowest BCUT2D eigenvalue weighted by molar-refractivity contribution is -0.161. The number of aromatic nitrogens is 1. The average molecular weight is 678 g/mol. The van der Waals surface area contributed by atoms with Gasteiger partial charge in [0.1, 0.15) is 5.60 Å². The van der Waals surface area contributed by atoms with Gasteiger partial charge < -0.3 is 9.64 Å². The normalized spacial score (nSPS) is 15.7. The van der Waals surface area contributed by atoms with Crippen LogP contribution in [0.15, 0.2) is 109 Å². The summed E-state index contributed by atoms with van der Waals surface area (Å²) in [7, 11) is 0. The van der Waals surface area contributed by atoms with Gasteiger partial charge in [-0.1, -0.05) is 66.7 Å². The Hall–Kier alpha value is -5.89. The van der Waals surface area contributed by atoms with Crippen molar-refractivity contribution in [3.63, 3.8) is 0 Å². The SMILES string of the molecule is CC(=O)N1/C(=C\c2cc(-c3ccccc3-c3ccccc3)c3cc(C(=O)N4CCC(C(=O)OC(C)(C)C)CC4)ccc3n2)C(=O)c2ccccc21. The van der Waals surface area contributed by atoms with Crippen molar-refractivity contribution < 1.29 is 23.9 Å². The number of anilines is 1. The molecule has 7 rings (SSSR count). The number of piperidine rings is 1. The number of para-hydroxylation sites is 1. The second-order valence-electron chi connectivity index (χ2n) is 14.1. The van der Waals surface area contributed by atoms with Crippen molar-refractivity contribution in [1.29, 1.82) is 0 Å². The number of fused-ring (bicyclic) bond motifs is 2. The van der Waals surface area contributed by atoms with Crippen LogP contribution in [0.1, 0.15) is 66.9 Å². The van der Waals surface area contributed by atoms with Gasteiger partial charge in [-0.25, -0.2) is 4.98 Å². The summed E-state index contributed by atoms with van der Waals surface area (Å²) in [5.41, 5.74) is 6.16. The van der Waals surface area contributed by atoms with Crippen LogP contribution in [0, 0.1) is 5.92 Å². The van der Waals surface area contributed by atoms with Gasteiger partial charge in [-0.05, 0) is 98.3 Å². The summed E-state index contributed by atoms with van der Waals surface area (Å²) in [5.74, 6) is -1.08. The molecule has 0 spiro atoms. The van der Waals surface area contributed by atoms with Crippen LogP contribution < -0.4 is 4.90 Å². The molecule has 51 heavy (non-hydrogen) atoms. The van der Waals surface area contributed by atoms with E-state index in [9.17, 15) is 19.2 Å². The molecule has 5 aromatic rings. The van der Waals surface area contributed by atoms with Crippen LogP contribution in [0.25, 0.3) is 39.2 Å². The van der Waals surface area contributed by atoms with Gasteiger partial charge in [0.25, 0.3) is 5.91 Å². The van der Waals surface area contributed by atoms with E-state index in [0.29, 0.717) is 54.0 Å². The minimum Gasteiger partial charge on any atom is -0.460 e. The lowest BCUT2D eigenvalue weighted by Crippen LogP contribution is -2.41. The summed E-state index contributed by atoms with van der Waals surface area (Å²) in [6.45, 7) is 7.93. The number of hydrogen-bond donors (Lipinski definition) is 0. The molecular formula is C43H39N3O5. The fourth-order valence-corrected chi connectivity index (χ4v) is 6.99. The number of likely N-dealkylation sites (tertiary alicyclic amines) is 1. The van der Waals surface area contributed by atoms with Gasteiger partial charge in [-0.15, -0.1) is 0 Å². The molecule has 2 aliphatic heterocycles. The lowest BCUT2D eigenvalue weighted by Gasteiger charge is -2.32. The van der Waals surface area contributed by atoms with Gasteiger partial charge in [-0.2, -0.15) is 0 Å². The summed E-state index contributed by atoms with van der Waals surface area (Å²) < 4.78 is 5.60. The standard InChI is InChI=1S/C43H39N3O5/c1-27(47)46-38-17-11-10-16-34(38)40(48)39(46)26-31-25-35(33-15-9-8-14-32(33)28-12-6-5-7-13-28)36-24-30(18-19-37(36)44-31)41(49)45-22-20-29(21-23-45)42(50)51-43(2,3)4/h5-19,24-26,29H,20-23H2,1-4H3/b39-26-. The first kappa shape index (κ1) is 33.6. The number of ether oxygens (including phenoxy) is 1. The largest absolute Gasteiger partial charge is 0.460 e. The van der Waals surface area contributed by atoms with E-state index in [0.717, 1.165) is 27.6 Å². The van der Waals surface area contributed by atoms with E-state index in [1.165, 1.54) is 11.8 Å². The van der Waals surface area contributed by atoms with Crippen LogP contribution in [0.3, 0.4) is 0 Å². The smallest absolute Gasteiger partial charge is 0.309 e. The first-order valence-electron chi connectivity index (χ1n) is 17.3. The molecule has 2 aliphatic rings. The Balaban J connectivity index is 1.31. The van der Waals surface area contributed by atoms with Crippen molar-refractivity contribution in [2.24, 2.45) is 5.92 Å². The Morgan fingerprint density at radius 1 is 0.784 bits per heavy atom. The Kier molecular flexibility index (Phi) is 8.85. The highest BCUT2D eigenvalue weighted by molar-refractivity contribution is 6.26. The quantitative estimate of drug-likeness (QED) is 0.137. The molecule has 4 aromatic carbocycles. The maximum absolute atomic E-state index is 13.9. The molecular weight excluding hydrogens is 638 g/mol. The molecule has 0 radical (unpaired) electrons. The number of Topliss-reactive ketones (excluding diaryl/α,β-unsaturated/α-hetero) is 1. The number of amides is 2. The van der Waals surface area contributed by atoms with E-state index in [-0.39, 0.29) is 35.2 Å². The molecule has 1 saturated heterocycles. The number of rotatable bonds is 5. The first-order valence-corrected chi connectivity index (χ1v) is 17.3. The van der Waals surface area contributed by atoms with Crippen LogP contribution in [0.2, 0.25) is 0 Å². The third kappa shape index (κ3) is 6.69. The molecule has 0 unspecified atom stereocenters. The van der Waals surface area contributed by atoms with Crippen LogP contribution in [-0.4, -0.2) is 52.1 Å². The van der Waals surface area contributed by atoms with Crippen molar-refractivity contribution in [3.8, 4) is 22.3 Å². The van der Waals surface area contributed by atoms with E-state index >= 15 is 0 Å². The maximum Gasteiger partial charge on any atom is 0.309 e. The lowest BCUT2D eigenvalue weighted by atomic mass is 9.91. The van der Waals surface area contributed by atoms with Crippen molar-refractivity contribution in [2.75, 3.05) is 18.0 Å². The number of benzene rings is 4. The highest BCUT2D eigenvalue weighted by Gasteiger charge is 2.35. The predicted octanol–water partition coefficient (Wildman–Crippen LogP) is 8.35. The number of allylic oxidation sites excluding steroid dienone is 1. The van der Waals surface area contributed by atoms with Crippen molar-refractivity contribution in [2.45, 2.75) is 46.1 Å². The molecule has 8 nitrogen and oxygen atoms in total. The zero-order valence-corrected chi connectivity index (χ0v) is 29.2. The molecule has 0 saturated carbocycles. The van der Waals surface area contributed by atoms with Gasteiger partial charge in [-0.3, -0.25) is 24.1 Å². The zero-order chi connectivity index (χ0) is 35.9. The Morgan fingerprint density at radius 3 is 2.12 bits per heavy atom. The van der Waals surface area contributed by atoms with Gasteiger partial charge in [0, 0.05) is 36.5 Å². The Bertz CT molecular complexity index is 2230. The molecule has 0 aliphatic carbocycles. The summed E-state index contributed by atoms with van der Waals surface area (Å²) in [5, 5.41) is 0.777. The van der Waals surface area contributed by atoms with Gasteiger partial charge >= 0.3 is 5.97 Å². The van der Waals surface area contributed by atoms with Gasteiger partial charge in [0.2, 0.25) is 11.7 Å². The summed E-state index contributed by atoms with van der Waals surface area (Å²) in [4.78, 5) is 61.3. The molecule has 256 valence electrons. The number of hydrogen-bond acceptors (Lipinski definition) is 6. The second kappa shape index (κ2) is 13.4. The Labute approximate surface area is 297 Å². The zero-order valence-electron chi connectivity index (χ0n) is 29.2. The van der Waals surface area contributed by atoms with E-state index in [4.69, 9.17) is 9.72 Å². The minimum absolute atomic E-state index is 0.112. The fraction of sp³-hybridized carbons (Fsp3) is 0.233. The number of carbonyl (C=O) groups excluding carboxylic acids is 4. The van der Waals surface area contributed by atoms with E-state index < -0.39 is 5.60 Å². The number of ketones is 1. The van der Waals surface area contributed by atoms with Crippen molar-refractivity contribution >= 4 is 46.2 Å². The van der Waals surface area contributed by atoms with E-state index in [2.05, 4.69) is 18.2 Å². The molecule has 0 N–H and O–H groups in total. The highest BCUT2D eigenvalue weighted by Crippen LogP contribution is 2.39. The van der Waals surface area contributed by atoms with Crippen LogP contribution in [0.5, 0.6) is 0 Å². The molecule has 0 atom stereocenters. The first-order chi connectivity index (χ1) is 24.5. The Morgan fingerprint density at radius 2 is 1.43 bits per heavy atom. The van der Waals surface area contributed by atoms with Crippen molar-refractivity contribution in [3.05, 3.63) is 126 Å². The molecule has 3 heterocycles. The molecule has 1 aromatic heterocycles. The third-order valence-corrected chi connectivity index (χ3v) is 9.36. The summed E-state index contributed by atoms with van der Waals surface area (Å²) >= 11 is 0. The average Bonchev–Trinajstić information content (AvgIpc) is 3.41. The number of pyridine rings is 1. The number of nitrogens with zero attached hydrogens (tertiary/aromatic N) is 3. The number of carbonyl (C=O) groups is 4. The maximum atomic E-state index is 13.9. The van der Waals surface area contributed by atoms with E-state index in [1.54, 1.807) is 41.3 Å².